The van der Waals surface area contributed by atoms with Crippen LogP contribution < -0.4 is 5.32 Å². The van der Waals surface area contributed by atoms with E-state index in [2.05, 4.69) is 41.7 Å². The number of hydrogen-bond donors (Lipinski definition) is 2. The molecule has 3 aromatic rings. The Balaban J connectivity index is 1.81. The van der Waals surface area contributed by atoms with E-state index < -0.39 is 12.2 Å². The third-order valence-electron chi connectivity index (χ3n) is 5.85. The number of halogens is 2. The number of unbranched alkanes of at least 4 members (excludes halogenated alkanes) is 1. The molecular formula is C28H29Cl2NO4. The fraction of sp³-hybridized carbons (Fsp3) is 0.286. The first-order valence-corrected chi connectivity index (χ1v) is 12.3. The molecule has 0 fully saturated rings. The van der Waals surface area contributed by atoms with Crippen molar-refractivity contribution in [2.45, 2.75) is 44.2 Å². The molecule has 0 bridgehead atoms. The molecule has 0 saturated carbocycles. The highest BCUT2D eigenvalue weighted by molar-refractivity contribution is 6.42. The molecule has 1 amide bonds. The molecule has 5 nitrogen and oxygen atoms in total. The molecule has 184 valence electrons. The number of nitrogens with one attached hydrogen (secondary N) is 1. The van der Waals surface area contributed by atoms with Crippen molar-refractivity contribution >= 4 is 35.1 Å². The zero-order valence-corrected chi connectivity index (χ0v) is 21.1. The first kappa shape index (κ1) is 26.7. The largest absolute Gasteiger partial charge is 0.481 e. The Hall–Kier alpha value is -2.86. The number of rotatable bonds is 12. The van der Waals surface area contributed by atoms with Gasteiger partial charge in [0.2, 0.25) is 5.91 Å². The highest BCUT2D eigenvalue weighted by Crippen LogP contribution is 2.30. The second-order valence-electron chi connectivity index (χ2n) is 8.37. The van der Waals surface area contributed by atoms with Crippen LogP contribution in [-0.4, -0.2) is 30.3 Å². The van der Waals surface area contributed by atoms with E-state index in [9.17, 15) is 9.59 Å². The van der Waals surface area contributed by atoms with Crippen LogP contribution in [0, 0.1) is 0 Å². The van der Waals surface area contributed by atoms with Gasteiger partial charge in [-0.15, -0.1) is 0 Å². The lowest BCUT2D eigenvalue weighted by atomic mass is 9.89. The average molecular weight is 514 g/mol. The summed E-state index contributed by atoms with van der Waals surface area (Å²) in [7, 11) is 1.57. The SMILES string of the molecule is CO[C@H](NC(=O)CCCCC(=O)O)[C@@H](Cc1ccc(Cl)c(Cl)c1)c1ccc(-c2ccccc2)cc1. The maximum absolute atomic E-state index is 12.6. The van der Waals surface area contributed by atoms with E-state index in [0.717, 1.165) is 22.3 Å². The van der Waals surface area contributed by atoms with Gasteiger partial charge in [-0.2, -0.15) is 0 Å². The molecule has 0 heterocycles. The van der Waals surface area contributed by atoms with Gasteiger partial charge in [0.25, 0.3) is 0 Å². The fourth-order valence-electron chi connectivity index (χ4n) is 3.99. The van der Waals surface area contributed by atoms with E-state index in [0.29, 0.717) is 29.3 Å². The molecule has 0 aliphatic heterocycles. The van der Waals surface area contributed by atoms with Crippen molar-refractivity contribution in [1.29, 1.82) is 0 Å². The zero-order chi connectivity index (χ0) is 25.2. The summed E-state index contributed by atoms with van der Waals surface area (Å²) in [6.07, 6.45) is 1.22. The van der Waals surface area contributed by atoms with Crippen molar-refractivity contribution in [3.63, 3.8) is 0 Å². The van der Waals surface area contributed by atoms with Gasteiger partial charge in [0, 0.05) is 25.9 Å². The van der Waals surface area contributed by atoms with Crippen molar-refractivity contribution in [1.82, 2.24) is 5.32 Å². The van der Waals surface area contributed by atoms with Crippen LogP contribution in [0.3, 0.4) is 0 Å². The van der Waals surface area contributed by atoms with Crippen molar-refractivity contribution in [3.05, 3.63) is 94.0 Å². The Labute approximate surface area is 216 Å². The minimum atomic E-state index is -0.860. The van der Waals surface area contributed by atoms with Gasteiger partial charge in [0.1, 0.15) is 6.23 Å². The highest BCUT2D eigenvalue weighted by Gasteiger charge is 2.25. The minimum Gasteiger partial charge on any atom is -0.481 e. The summed E-state index contributed by atoms with van der Waals surface area (Å²) < 4.78 is 5.74. The Morgan fingerprint density at radius 2 is 1.54 bits per heavy atom. The van der Waals surface area contributed by atoms with Crippen LogP contribution in [0.4, 0.5) is 0 Å². The number of carboxylic acids is 1. The molecular weight excluding hydrogens is 485 g/mol. The van der Waals surface area contributed by atoms with Crippen molar-refractivity contribution in [3.8, 4) is 11.1 Å². The standard InChI is InChI=1S/C28H29Cl2NO4/c1-35-28(31-26(32)9-5-6-10-27(33)34)23(17-19-11-16-24(29)25(30)18-19)22-14-12-21(13-15-22)20-7-3-2-4-8-20/h2-4,7-8,11-16,18,23,28H,5-6,9-10,17H2,1H3,(H,31,32)(H,33,34)/t23-,28-/m0/s1. The van der Waals surface area contributed by atoms with Crippen LogP contribution in [0.1, 0.15) is 42.7 Å². The monoisotopic (exact) mass is 513 g/mol. The summed E-state index contributed by atoms with van der Waals surface area (Å²) in [5.41, 5.74) is 4.19. The molecule has 0 saturated heterocycles. The quantitative estimate of drug-likeness (QED) is 0.208. The number of aliphatic carboxylic acids is 1. The molecule has 0 radical (unpaired) electrons. The lowest BCUT2D eigenvalue weighted by Gasteiger charge is -2.28. The average Bonchev–Trinajstić information content (AvgIpc) is 2.86. The van der Waals surface area contributed by atoms with Crippen LogP contribution in [0.25, 0.3) is 11.1 Å². The van der Waals surface area contributed by atoms with Crippen molar-refractivity contribution in [2.75, 3.05) is 7.11 Å². The van der Waals surface area contributed by atoms with Crippen LogP contribution in [0.2, 0.25) is 10.0 Å². The molecule has 0 aliphatic carbocycles. The van der Waals surface area contributed by atoms with Crippen LogP contribution in [0.5, 0.6) is 0 Å². The Kier molecular flexibility index (Phi) is 10.2. The van der Waals surface area contributed by atoms with E-state index in [1.165, 1.54) is 0 Å². The van der Waals surface area contributed by atoms with E-state index in [4.69, 9.17) is 33.0 Å². The lowest BCUT2D eigenvalue weighted by Crippen LogP contribution is -2.41. The molecule has 0 aromatic heterocycles. The second-order valence-corrected chi connectivity index (χ2v) is 9.19. The topological polar surface area (TPSA) is 75.6 Å². The normalized spacial score (nSPS) is 12.7. The number of benzene rings is 3. The van der Waals surface area contributed by atoms with Gasteiger partial charge in [0.05, 0.1) is 10.0 Å². The number of amides is 1. The number of ether oxygens (including phenoxy) is 1. The van der Waals surface area contributed by atoms with Gasteiger partial charge >= 0.3 is 5.97 Å². The maximum atomic E-state index is 12.6. The lowest BCUT2D eigenvalue weighted by molar-refractivity contribution is -0.137. The summed E-state index contributed by atoms with van der Waals surface area (Å²) in [6, 6.07) is 23.8. The third-order valence-corrected chi connectivity index (χ3v) is 6.59. The molecule has 35 heavy (non-hydrogen) atoms. The van der Waals surface area contributed by atoms with E-state index >= 15 is 0 Å². The number of methoxy groups -OCH3 is 1. The molecule has 2 atom stereocenters. The Morgan fingerprint density at radius 3 is 2.17 bits per heavy atom. The van der Waals surface area contributed by atoms with Gasteiger partial charge in [-0.1, -0.05) is 83.9 Å². The van der Waals surface area contributed by atoms with E-state index in [1.54, 1.807) is 13.2 Å². The predicted molar refractivity (Wildman–Crippen MR) is 140 cm³/mol. The summed E-state index contributed by atoms with van der Waals surface area (Å²) >= 11 is 12.3. The predicted octanol–water partition coefficient (Wildman–Crippen LogP) is 6.72. The Bertz CT molecular complexity index is 1120. The fourth-order valence-corrected chi connectivity index (χ4v) is 4.31. The number of hydrogen-bond acceptors (Lipinski definition) is 3. The van der Waals surface area contributed by atoms with Crippen LogP contribution in [0.15, 0.2) is 72.8 Å². The summed E-state index contributed by atoms with van der Waals surface area (Å²) in [5.74, 6) is -1.23. The third kappa shape index (κ3) is 8.10. The van der Waals surface area contributed by atoms with Gasteiger partial charge < -0.3 is 15.2 Å². The first-order valence-electron chi connectivity index (χ1n) is 11.5. The number of carbonyl (C=O) groups excluding carboxylic acids is 1. The number of carboxylic acid groups (broad SMARTS) is 1. The van der Waals surface area contributed by atoms with E-state index in [1.807, 2.05) is 30.3 Å². The highest BCUT2D eigenvalue weighted by atomic mass is 35.5. The molecule has 3 aromatic carbocycles. The minimum absolute atomic E-state index is 0.0503. The summed E-state index contributed by atoms with van der Waals surface area (Å²) in [5, 5.41) is 12.7. The summed E-state index contributed by atoms with van der Waals surface area (Å²) in [6.45, 7) is 0. The molecule has 7 heteroatoms. The molecule has 0 spiro atoms. The van der Waals surface area contributed by atoms with E-state index in [-0.39, 0.29) is 24.7 Å². The van der Waals surface area contributed by atoms with Gasteiger partial charge in [-0.05, 0) is 53.6 Å². The maximum Gasteiger partial charge on any atom is 0.303 e. The molecule has 0 unspecified atom stereocenters. The van der Waals surface area contributed by atoms with Crippen molar-refractivity contribution in [2.24, 2.45) is 0 Å². The zero-order valence-electron chi connectivity index (χ0n) is 19.5. The molecule has 2 N–H and O–H groups in total. The Morgan fingerprint density at radius 1 is 0.886 bits per heavy atom. The molecule has 3 rings (SSSR count). The number of carbonyl (C=O) groups is 2. The molecule has 0 aliphatic rings. The van der Waals surface area contributed by atoms with Crippen LogP contribution in [-0.2, 0) is 20.7 Å². The second kappa shape index (κ2) is 13.3. The summed E-state index contributed by atoms with van der Waals surface area (Å²) in [4.78, 5) is 23.3. The van der Waals surface area contributed by atoms with Gasteiger partial charge in [-0.3, -0.25) is 9.59 Å². The van der Waals surface area contributed by atoms with Gasteiger partial charge in [-0.25, -0.2) is 0 Å². The van der Waals surface area contributed by atoms with Gasteiger partial charge in [0.15, 0.2) is 0 Å². The van der Waals surface area contributed by atoms with Crippen LogP contribution >= 0.6 is 23.2 Å². The smallest absolute Gasteiger partial charge is 0.303 e. The first-order chi connectivity index (χ1) is 16.9. The van der Waals surface area contributed by atoms with Crippen molar-refractivity contribution < 1.29 is 19.4 Å².